The van der Waals surface area contributed by atoms with Crippen molar-refractivity contribution < 1.29 is 9.00 Å². The molecule has 144 valence electrons. The summed E-state index contributed by atoms with van der Waals surface area (Å²) in [6.07, 6.45) is 8.85. The number of likely N-dealkylation sites (tertiary alicyclic amines) is 1. The predicted octanol–water partition coefficient (Wildman–Crippen LogP) is 4.31. The molecule has 1 saturated carbocycles. The lowest BCUT2D eigenvalue weighted by molar-refractivity contribution is 0.0386. The van der Waals surface area contributed by atoms with Crippen LogP contribution in [0.3, 0.4) is 0 Å². The van der Waals surface area contributed by atoms with Crippen LogP contribution in [0, 0.1) is 5.92 Å². The standard InChI is InChI=1S/C20H25N3O2S2/c1-27(25)22-16-10-4-3-9-15(16)19-21-17(13-26-19)20(24)23-12-6-8-14-7-2-5-11-18(14)23/h3-4,9-10,13-14,18,22H,2,5-8,11-12H2,1H3. The molecule has 7 heteroatoms. The molecule has 2 aliphatic rings. The Kier molecular flexibility index (Phi) is 5.59. The van der Waals surface area contributed by atoms with E-state index in [0.717, 1.165) is 35.6 Å². The minimum Gasteiger partial charge on any atom is -0.334 e. The first-order valence-electron chi connectivity index (χ1n) is 9.59. The lowest BCUT2D eigenvalue weighted by atomic mass is 9.78. The topological polar surface area (TPSA) is 62.3 Å². The molecular weight excluding hydrogens is 378 g/mol. The van der Waals surface area contributed by atoms with Gasteiger partial charge in [0.15, 0.2) is 0 Å². The van der Waals surface area contributed by atoms with E-state index in [1.54, 1.807) is 6.26 Å². The van der Waals surface area contributed by atoms with Gasteiger partial charge in [0.25, 0.3) is 5.91 Å². The summed E-state index contributed by atoms with van der Waals surface area (Å²) in [6.45, 7) is 0.847. The SMILES string of the molecule is CS(=O)Nc1ccccc1-c1nc(C(=O)N2CCCC3CCCCC32)cs1. The van der Waals surface area contributed by atoms with E-state index >= 15 is 0 Å². The van der Waals surface area contributed by atoms with Crippen LogP contribution >= 0.6 is 11.3 Å². The van der Waals surface area contributed by atoms with Crippen molar-refractivity contribution in [3.63, 3.8) is 0 Å². The van der Waals surface area contributed by atoms with Crippen LogP contribution in [0.25, 0.3) is 10.6 Å². The van der Waals surface area contributed by atoms with E-state index in [1.165, 1.54) is 37.0 Å². The highest BCUT2D eigenvalue weighted by atomic mass is 32.2. The minimum absolute atomic E-state index is 0.0682. The van der Waals surface area contributed by atoms with Gasteiger partial charge in [0.05, 0.1) is 5.69 Å². The molecule has 2 fully saturated rings. The Balaban J connectivity index is 1.57. The average molecular weight is 404 g/mol. The van der Waals surface area contributed by atoms with Gasteiger partial charge in [0, 0.05) is 29.8 Å². The number of piperidine rings is 1. The van der Waals surface area contributed by atoms with Gasteiger partial charge in [0.2, 0.25) is 0 Å². The molecule has 1 aliphatic heterocycles. The number of carbonyl (C=O) groups is 1. The van der Waals surface area contributed by atoms with Gasteiger partial charge < -0.3 is 9.62 Å². The van der Waals surface area contributed by atoms with Crippen LogP contribution < -0.4 is 4.72 Å². The fraction of sp³-hybridized carbons (Fsp3) is 0.500. The molecule has 1 saturated heterocycles. The Morgan fingerprint density at radius 3 is 2.85 bits per heavy atom. The summed E-state index contributed by atoms with van der Waals surface area (Å²) in [6, 6.07) is 8.05. The predicted molar refractivity (Wildman–Crippen MR) is 111 cm³/mol. The van der Waals surface area contributed by atoms with E-state index in [1.807, 2.05) is 29.6 Å². The number of amides is 1. The largest absolute Gasteiger partial charge is 0.334 e. The van der Waals surface area contributed by atoms with Crippen molar-refractivity contribution in [2.24, 2.45) is 5.92 Å². The zero-order valence-electron chi connectivity index (χ0n) is 15.5. The van der Waals surface area contributed by atoms with E-state index in [0.29, 0.717) is 17.7 Å². The highest BCUT2D eigenvalue weighted by molar-refractivity contribution is 7.85. The smallest absolute Gasteiger partial charge is 0.273 e. The third kappa shape index (κ3) is 3.94. The van der Waals surface area contributed by atoms with Crippen LogP contribution in [0.1, 0.15) is 49.0 Å². The molecule has 1 amide bonds. The first-order valence-corrected chi connectivity index (χ1v) is 12.0. The number of anilines is 1. The third-order valence-electron chi connectivity index (χ3n) is 5.64. The molecule has 0 bridgehead atoms. The van der Waals surface area contributed by atoms with Gasteiger partial charge in [-0.15, -0.1) is 11.3 Å². The van der Waals surface area contributed by atoms with Crippen molar-refractivity contribution >= 4 is 33.9 Å². The zero-order chi connectivity index (χ0) is 18.8. The Hall–Kier alpha value is -1.73. The Morgan fingerprint density at radius 2 is 2.00 bits per heavy atom. The quantitative estimate of drug-likeness (QED) is 0.827. The number of nitrogens with one attached hydrogen (secondary N) is 1. The third-order valence-corrected chi connectivity index (χ3v) is 7.02. The summed E-state index contributed by atoms with van der Waals surface area (Å²) >= 11 is 1.47. The molecular formula is C20H25N3O2S2. The maximum absolute atomic E-state index is 13.2. The number of carbonyl (C=O) groups excluding carboxylic acids is 1. The molecule has 0 radical (unpaired) electrons. The fourth-order valence-electron chi connectivity index (χ4n) is 4.43. The van der Waals surface area contributed by atoms with Crippen LogP contribution in [0.2, 0.25) is 0 Å². The maximum atomic E-state index is 13.2. The number of para-hydroxylation sites is 1. The Bertz CT molecular complexity index is 849. The number of fused-ring (bicyclic) bond motifs is 1. The Labute approximate surface area is 166 Å². The normalized spacial score (nSPS) is 23.5. The molecule has 2 heterocycles. The van der Waals surface area contributed by atoms with E-state index in [-0.39, 0.29) is 5.91 Å². The molecule has 1 N–H and O–H groups in total. The maximum Gasteiger partial charge on any atom is 0.273 e. The van der Waals surface area contributed by atoms with Crippen LogP contribution in [-0.4, -0.2) is 38.8 Å². The number of aromatic nitrogens is 1. The second-order valence-electron chi connectivity index (χ2n) is 7.39. The van der Waals surface area contributed by atoms with Gasteiger partial charge in [-0.3, -0.25) is 4.79 Å². The van der Waals surface area contributed by atoms with Crippen LogP contribution in [0.4, 0.5) is 5.69 Å². The van der Waals surface area contributed by atoms with Crippen molar-refractivity contribution in [3.05, 3.63) is 35.3 Å². The summed E-state index contributed by atoms with van der Waals surface area (Å²) in [5.41, 5.74) is 2.19. The average Bonchev–Trinajstić information content (AvgIpc) is 3.17. The summed E-state index contributed by atoms with van der Waals surface area (Å²) < 4.78 is 14.5. The molecule has 1 aliphatic carbocycles. The van der Waals surface area contributed by atoms with Crippen LogP contribution in [0.15, 0.2) is 29.6 Å². The van der Waals surface area contributed by atoms with Crippen molar-refractivity contribution in [2.45, 2.75) is 44.6 Å². The highest BCUT2D eigenvalue weighted by Gasteiger charge is 2.36. The van der Waals surface area contributed by atoms with Crippen LogP contribution in [-0.2, 0) is 11.0 Å². The van der Waals surface area contributed by atoms with Gasteiger partial charge in [-0.1, -0.05) is 25.0 Å². The number of hydrogen-bond acceptors (Lipinski definition) is 4. The van der Waals surface area contributed by atoms with E-state index in [9.17, 15) is 9.00 Å². The molecule has 0 spiro atoms. The van der Waals surface area contributed by atoms with Crippen molar-refractivity contribution in [1.82, 2.24) is 9.88 Å². The summed E-state index contributed by atoms with van der Waals surface area (Å²) in [5.74, 6) is 0.734. The van der Waals surface area contributed by atoms with Gasteiger partial charge in [-0.05, 0) is 43.7 Å². The van der Waals surface area contributed by atoms with Gasteiger partial charge in [0.1, 0.15) is 21.7 Å². The summed E-state index contributed by atoms with van der Waals surface area (Å²) in [7, 11) is -1.16. The first kappa shape index (κ1) is 18.6. The molecule has 2 aromatic rings. The first-order chi connectivity index (χ1) is 13.1. The van der Waals surface area contributed by atoms with Gasteiger partial charge >= 0.3 is 0 Å². The van der Waals surface area contributed by atoms with Crippen LogP contribution in [0.5, 0.6) is 0 Å². The van der Waals surface area contributed by atoms with Crippen molar-refractivity contribution in [3.8, 4) is 10.6 Å². The fourth-order valence-corrected chi connectivity index (χ4v) is 5.75. The summed E-state index contributed by atoms with van der Waals surface area (Å²) in [5, 5.41) is 2.65. The molecule has 5 nitrogen and oxygen atoms in total. The highest BCUT2D eigenvalue weighted by Crippen LogP contribution is 2.37. The van der Waals surface area contributed by atoms with Crippen molar-refractivity contribution in [1.29, 1.82) is 0 Å². The summed E-state index contributed by atoms with van der Waals surface area (Å²) in [4.78, 5) is 19.9. The monoisotopic (exact) mass is 403 g/mol. The number of thiazole rings is 1. The molecule has 1 aromatic heterocycles. The molecule has 4 rings (SSSR count). The van der Waals surface area contributed by atoms with E-state index < -0.39 is 11.0 Å². The zero-order valence-corrected chi connectivity index (χ0v) is 17.2. The molecule has 27 heavy (non-hydrogen) atoms. The lowest BCUT2D eigenvalue weighted by Crippen LogP contribution is -2.49. The number of hydrogen-bond donors (Lipinski definition) is 1. The second-order valence-corrected chi connectivity index (χ2v) is 9.36. The van der Waals surface area contributed by atoms with Gasteiger partial charge in [-0.25, -0.2) is 9.19 Å². The van der Waals surface area contributed by atoms with Crippen molar-refractivity contribution in [2.75, 3.05) is 17.5 Å². The number of benzene rings is 1. The molecule has 1 aromatic carbocycles. The second kappa shape index (κ2) is 8.10. The molecule has 3 atom stereocenters. The number of rotatable bonds is 4. The minimum atomic E-state index is -1.16. The Morgan fingerprint density at radius 1 is 1.22 bits per heavy atom. The lowest BCUT2D eigenvalue weighted by Gasteiger charge is -2.43. The van der Waals surface area contributed by atoms with E-state index in [2.05, 4.69) is 14.6 Å². The van der Waals surface area contributed by atoms with E-state index in [4.69, 9.17) is 0 Å². The van der Waals surface area contributed by atoms with Gasteiger partial charge in [-0.2, -0.15) is 0 Å². The number of nitrogens with zero attached hydrogens (tertiary/aromatic N) is 2. The molecule has 3 unspecified atom stereocenters.